The molecular formula is C19H16N2O6. The molecule has 0 unspecified atom stereocenters. The summed E-state index contributed by atoms with van der Waals surface area (Å²) in [5.41, 5.74) is 1.08. The van der Waals surface area contributed by atoms with Gasteiger partial charge in [0, 0.05) is 19.7 Å². The summed E-state index contributed by atoms with van der Waals surface area (Å²) in [6.45, 7) is 1.67. The zero-order valence-corrected chi connectivity index (χ0v) is 14.8. The third-order valence-electron chi connectivity index (χ3n) is 4.39. The van der Waals surface area contributed by atoms with E-state index in [-0.39, 0.29) is 16.9 Å². The van der Waals surface area contributed by atoms with Gasteiger partial charge in [0.2, 0.25) is 0 Å². The number of hydrogen-bond donors (Lipinski definition) is 1. The van der Waals surface area contributed by atoms with E-state index in [9.17, 15) is 24.3 Å². The van der Waals surface area contributed by atoms with Crippen LogP contribution in [0.25, 0.3) is 17.4 Å². The highest BCUT2D eigenvalue weighted by Gasteiger charge is 2.38. The smallest absolute Gasteiger partial charge is 0.335 e. The van der Waals surface area contributed by atoms with Gasteiger partial charge in [0.05, 0.1) is 5.56 Å². The molecule has 27 heavy (non-hydrogen) atoms. The lowest BCUT2D eigenvalue weighted by Crippen LogP contribution is -2.52. The van der Waals surface area contributed by atoms with Crippen molar-refractivity contribution in [2.75, 3.05) is 14.1 Å². The van der Waals surface area contributed by atoms with Gasteiger partial charge < -0.3 is 9.52 Å². The molecule has 1 fully saturated rings. The Morgan fingerprint density at radius 2 is 1.67 bits per heavy atom. The average Bonchev–Trinajstić information content (AvgIpc) is 3.10. The van der Waals surface area contributed by atoms with Crippen LogP contribution in [0.5, 0.6) is 0 Å². The number of carbonyl (C=O) groups excluding carboxylic acids is 3. The number of carboxylic acid groups (broad SMARTS) is 1. The van der Waals surface area contributed by atoms with E-state index in [0.717, 1.165) is 9.80 Å². The monoisotopic (exact) mass is 368 g/mol. The second-order valence-corrected chi connectivity index (χ2v) is 6.05. The van der Waals surface area contributed by atoms with E-state index >= 15 is 0 Å². The summed E-state index contributed by atoms with van der Waals surface area (Å²) >= 11 is 0. The lowest BCUT2D eigenvalue weighted by atomic mass is 10.0. The van der Waals surface area contributed by atoms with Crippen LogP contribution in [0.3, 0.4) is 0 Å². The summed E-state index contributed by atoms with van der Waals surface area (Å²) in [7, 11) is 2.57. The van der Waals surface area contributed by atoms with Gasteiger partial charge in [0.15, 0.2) is 0 Å². The van der Waals surface area contributed by atoms with Crippen LogP contribution < -0.4 is 0 Å². The Labute approximate surface area is 154 Å². The second-order valence-electron chi connectivity index (χ2n) is 6.05. The van der Waals surface area contributed by atoms with Gasteiger partial charge in [0.1, 0.15) is 17.1 Å². The van der Waals surface area contributed by atoms with Gasteiger partial charge in [-0.1, -0.05) is 12.1 Å². The fourth-order valence-electron chi connectivity index (χ4n) is 2.83. The number of aromatic carboxylic acids is 1. The van der Waals surface area contributed by atoms with Crippen molar-refractivity contribution in [3.8, 4) is 11.3 Å². The molecule has 0 spiro atoms. The molecule has 2 heterocycles. The summed E-state index contributed by atoms with van der Waals surface area (Å²) < 4.78 is 5.69. The standard InChI is InChI=1S/C19H16N2O6/c1-10-12(5-4-6-13(10)18(24)25)15-8-7-11(27-15)9-14-16(22)20(2)19(26)21(3)17(14)23/h4-9H,1-3H3,(H,24,25). The Morgan fingerprint density at radius 1 is 1.04 bits per heavy atom. The molecule has 3 rings (SSSR count). The second kappa shape index (κ2) is 6.56. The number of amides is 4. The van der Waals surface area contributed by atoms with Crippen molar-refractivity contribution in [1.82, 2.24) is 9.80 Å². The van der Waals surface area contributed by atoms with E-state index in [0.29, 0.717) is 16.9 Å². The molecule has 0 radical (unpaired) electrons. The molecule has 1 aromatic heterocycles. The van der Waals surface area contributed by atoms with E-state index in [1.807, 2.05) is 0 Å². The first kappa shape index (κ1) is 18.1. The SMILES string of the molecule is Cc1c(C(=O)O)cccc1-c1ccc(C=C2C(=O)N(C)C(=O)N(C)C2=O)o1. The number of nitrogens with zero attached hydrogens (tertiary/aromatic N) is 2. The number of hydrogen-bond acceptors (Lipinski definition) is 5. The predicted molar refractivity (Wildman–Crippen MR) is 94.8 cm³/mol. The summed E-state index contributed by atoms with van der Waals surface area (Å²) in [6, 6.07) is 7.30. The summed E-state index contributed by atoms with van der Waals surface area (Å²) in [5.74, 6) is -1.85. The number of rotatable bonds is 3. The zero-order valence-electron chi connectivity index (χ0n) is 14.8. The molecule has 8 heteroatoms. The lowest BCUT2D eigenvalue weighted by molar-refractivity contribution is -0.134. The van der Waals surface area contributed by atoms with E-state index in [4.69, 9.17) is 4.42 Å². The third-order valence-corrected chi connectivity index (χ3v) is 4.39. The number of carboxylic acids is 1. The molecule has 2 aromatic rings. The van der Waals surface area contributed by atoms with Gasteiger partial charge in [-0.2, -0.15) is 0 Å². The van der Waals surface area contributed by atoms with Gasteiger partial charge in [-0.05, 0) is 36.8 Å². The Balaban J connectivity index is 2.00. The highest BCUT2D eigenvalue weighted by atomic mass is 16.4. The highest BCUT2D eigenvalue weighted by molar-refractivity contribution is 6.30. The van der Waals surface area contributed by atoms with Crippen molar-refractivity contribution >= 4 is 29.9 Å². The van der Waals surface area contributed by atoms with Crippen LogP contribution >= 0.6 is 0 Å². The van der Waals surface area contributed by atoms with E-state index in [1.165, 1.54) is 26.2 Å². The molecular weight excluding hydrogens is 352 g/mol. The van der Waals surface area contributed by atoms with E-state index in [2.05, 4.69) is 0 Å². The summed E-state index contributed by atoms with van der Waals surface area (Å²) in [4.78, 5) is 49.2. The van der Waals surface area contributed by atoms with Gasteiger partial charge >= 0.3 is 12.0 Å². The van der Waals surface area contributed by atoms with Crippen molar-refractivity contribution < 1.29 is 28.7 Å². The number of barbiturate groups is 1. The van der Waals surface area contributed by atoms with Crippen LogP contribution in [0, 0.1) is 6.92 Å². The molecule has 1 aliphatic rings. The summed E-state index contributed by atoms with van der Waals surface area (Å²) in [6.07, 6.45) is 1.27. The quantitative estimate of drug-likeness (QED) is 0.658. The molecule has 0 aliphatic carbocycles. The van der Waals surface area contributed by atoms with Gasteiger partial charge in [-0.15, -0.1) is 0 Å². The molecule has 1 N–H and O–H groups in total. The van der Waals surface area contributed by atoms with E-state index < -0.39 is 23.8 Å². The first-order chi connectivity index (χ1) is 12.7. The van der Waals surface area contributed by atoms with Crippen molar-refractivity contribution in [2.45, 2.75) is 6.92 Å². The molecule has 0 saturated carbocycles. The van der Waals surface area contributed by atoms with Crippen molar-refractivity contribution in [3.63, 3.8) is 0 Å². The maximum absolute atomic E-state index is 12.2. The lowest BCUT2D eigenvalue weighted by Gasteiger charge is -2.28. The Hall–Kier alpha value is -3.68. The highest BCUT2D eigenvalue weighted by Crippen LogP contribution is 2.29. The number of imide groups is 2. The Bertz CT molecular complexity index is 991. The number of furan rings is 1. The van der Waals surface area contributed by atoms with Crippen LogP contribution in [0.4, 0.5) is 4.79 Å². The molecule has 138 valence electrons. The minimum absolute atomic E-state index is 0.156. The minimum Gasteiger partial charge on any atom is -0.478 e. The maximum atomic E-state index is 12.2. The minimum atomic E-state index is -1.04. The van der Waals surface area contributed by atoms with Gasteiger partial charge in [0.25, 0.3) is 11.8 Å². The van der Waals surface area contributed by atoms with Gasteiger partial charge in [-0.25, -0.2) is 9.59 Å². The maximum Gasteiger partial charge on any atom is 0.335 e. The van der Waals surface area contributed by atoms with Crippen LogP contribution in [0.15, 0.2) is 40.3 Å². The Kier molecular flexibility index (Phi) is 4.40. The van der Waals surface area contributed by atoms with Crippen molar-refractivity contribution in [2.24, 2.45) is 0 Å². The first-order valence-corrected chi connectivity index (χ1v) is 7.97. The normalized spacial score (nSPS) is 14.8. The topological polar surface area (TPSA) is 108 Å². The largest absolute Gasteiger partial charge is 0.478 e. The number of carbonyl (C=O) groups is 4. The van der Waals surface area contributed by atoms with Crippen molar-refractivity contribution in [1.29, 1.82) is 0 Å². The molecule has 1 aromatic carbocycles. The average molecular weight is 368 g/mol. The van der Waals surface area contributed by atoms with Crippen LogP contribution in [-0.4, -0.2) is 52.8 Å². The van der Waals surface area contributed by atoms with Gasteiger partial charge in [-0.3, -0.25) is 19.4 Å². The Morgan fingerprint density at radius 3 is 2.26 bits per heavy atom. The van der Waals surface area contributed by atoms with Crippen LogP contribution in [-0.2, 0) is 9.59 Å². The predicted octanol–water partition coefficient (Wildman–Crippen LogP) is 2.39. The van der Waals surface area contributed by atoms with Crippen molar-refractivity contribution in [3.05, 3.63) is 52.8 Å². The fourth-order valence-corrected chi connectivity index (χ4v) is 2.83. The first-order valence-electron chi connectivity index (χ1n) is 7.97. The zero-order chi connectivity index (χ0) is 19.9. The third kappa shape index (κ3) is 3.01. The molecule has 1 saturated heterocycles. The number of benzene rings is 1. The molecule has 0 bridgehead atoms. The van der Waals surface area contributed by atoms with Crippen LogP contribution in [0.1, 0.15) is 21.7 Å². The molecule has 1 aliphatic heterocycles. The summed E-state index contributed by atoms with van der Waals surface area (Å²) in [5, 5.41) is 9.24. The molecule has 4 amide bonds. The van der Waals surface area contributed by atoms with E-state index in [1.54, 1.807) is 31.2 Å². The van der Waals surface area contributed by atoms with Crippen LogP contribution in [0.2, 0.25) is 0 Å². The number of urea groups is 1. The molecule has 8 nitrogen and oxygen atoms in total. The fraction of sp³-hybridized carbons (Fsp3) is 0.158. The number of likely N-dealkylation sites (N-methyl/N-ethyl adjacent to an activating group) is 2. The molecule has 0 atom stereocenters.